The summed E-state index contributed by atoms with van der Waals surface area (Å²) in [4.78, 5) is 0. The van der Waals surface area contributed by atoms with E-state index in [-0.39, 0.29) is 17.3 Å². The molecule has 102 valence electrons. The van der Waals surface area contributed by atoms with Gasteiger partial charge in [0.05, 0.1) is 7.11 Å². The van der Waals surface area contributed by atoms with Gasteiger partial charge in [-0.2, -0.15) is 0 Å². The van der Waals surface area contributed by atoms with Crippen LogP contribution in [0, 0.1) is 11.2 Å². The van der Waals surface area contributed by atoms with Gasteiger partial charge in [-0.15, -0.1) is 0 Å². The van der Waals surface area contributed by atoms with Crippen molar-refractivity contribution in [2.75, 3.05) is 13.7 Å². The van der Waals surface area contributed by atoms with Gasteiger partial charge in [0.25, 0.3) is 0 Å². The van der Waals surface area contributed by atoms with Crippen LogP contribution in [-0.2, 0) is 0 Å². The van der Waals surface area contributed by atoms with Crippen LogP contribution in [-0.4, -0.2) is 13.7 Å². The summed E-state index contributed by atoms with van der Waals surface area (Å²) in [7, 11) is 1.49. The maximum absolute atomic E-state index is 13.4. The summed E-state index contributed by atoms with van der Waals surface area (Å²) in [5.41, 5.74) is 1.13. The largest absolute Gasteiger partial charge is 0.494 e. The van der Waals surface area contributed by atoms with Gasteiger partial charge in [0.2, 0.25) is 0 Å². The minimum Gasteiger partial charge on any atom is -0.494 e. The molecule has 0 spiro atoms. The molecule has 0 heterocycles. The van der Waals surface area contributed by atoms with Crippen LogP contribution in [0.5, 0.6) is 5.75 Å². The van der Waals surface area contributed by atoms with Crippen molar-refractivity contribution in [3.63, 3.8) is 0 Å². The highest BCUT2D eigenvalue weighted by Crippen LogP contribution is 2.34. The van der Waals surface area contributed by atoms with Gasteiger partial charge in [-0.05, 0) is 36.1 Å². The molecule has 0 aromatic heterocycles. The van der Waals surface area contributed by atoms with Crippen LogP contribution in [0.1, 0.15) is 45.7 Å². The van der Waals surface area contributed by atoms with Crippen LogP contribution in [0.3, 0.4) is 0 Å². The van der Waals surface area contributed by atoms with E-state index in [1.807, 2.05) is 6.07 Å². The molecule has 1 aromatic rings. The van der Waals surface area contributed by atoms with E-state index in [0.29, 0.717) is 5.75 Å². The Labute approximate surface area is 110 Å². The van der Waals surface area contributed by atoms with Crippen LogP contribution in [0.2, 0.25) is 0 Å². The van der Waals surface area contributed by atoms with E-state index in [1.165, 1.54) is 13.2 Å². The molecule has 0 aliphatic carbocycles. The number of hydrogen-bond acceptors (Lipinski definition) is 2. The summed E-state index contributed by atoms with van der Waals surface area (Å²) in [6.45, 7) is 9.61. The second-order valence-corrected chi connectivity index (χ2v) is 5.65. The smallest absolute Gasteiger partial charge is 0.165 e. The molecule has 0 amide bonds. The maximum atomic E-state index is 13.4. The second-order valence-electron chi connectivity index (χ2n) is 5.65. The van der Waals surface area contributed by atoms with Crippen molar-refractivity contribution in [3.8, 4) is 5.75 Å². The molecule has 1 aromatic carbocycles. The molecule has 0 saturated carbocycles. The Bertz CT molecular complexity index is 385. The van der Waals surface area contributed by atoms with Crippen molar-refractivity contribution in [1.82, 2.24) is 5.32 Å². The van der Waals surface area contributed by atoms with Crippen LogP contribution < -0.4 is 10.1 Å². The summed E-state index contributed by atoms with van der Waals surface area (Å²) in [6, 6.07) is 5.28. The normalized spacial score (nSPS) is 13.4. The fraction of sp³-hybridized carbons (Fsp3) is 0.600. The number of hydrogen-bond donors (Lipinski definition) is 1. The Kier molecular flexibility index (Phi) is 5.15. The number of rotatable bonds is 5. The zero-order valence-electron chi connectivity index (χ0n) is 12.0. The Morgan fingerprint density at radius 2 is 2.00 bits per heavy atom. The quantitative estimate of drug-likeness (QED) is 0.858. The third kappa shape index (κ3) is 3.70. The zero-order valence-corrected chi connectivity index (χ0v) is 12.0. The number of nitrogens with one attached hydrogen (secondary N) is 1. The first-order chi connectivity index (χ1) is 8.40. The summed E-state index contributed by atoms with van der Waals surface area (Å²) in [6.07, 6.45) is 1.07. The third-order valence-electron chi connectivity index (χ3n) is 2.97. The van der Waals surface area contributed by atoms with Crippen molar-refractivity contribution >= 4 is 0 Å². The van der Waals surface area contributed by atoms with Crippen molar-refractivity contribution < 1.29 is 9.13 Å². The SMILES string of the molecule is CCCNC(c1ccc(F)c(OC)c1)C(C)(C)C. The summed E-state index contributed by atoms with van der Waals surface area (Å²) >= 11 is 0. The molecule has 1 N–H and O–H groups in total. The molecular formula is C15H24FNO. The summed E-state index contributed by atoms with van der Waals surface area (Å²) in [5, 5.41) is 3.52. The first-order valence-electron chi connectivity index (χ1n) is 6.47. The average Bonchev–Trinajstić information content (AvgIpc) is 2.30. The molecule has 0 radical (unpaired) electrons. The molecule has 1 atom stereocenters. The molecule has 0 aliphatic heterocycles. The standard InChI is InChI=1S/C15H24FNO/c1-6-9-17-14(15(2,3)4)11-7-8-12(16)13(10-11)18-5/h7-8,10,14,17H,6,9H2,1-5H3. The topological polar surface area (TPSA) is 21.3 Å². The molecule has 0 aliphatic rings. The third-order valence-corrected chi connectivity index (χ3v) is 2.97. The Balaban J connectivity index is 3.05. The van der Waals surface area contributed by atoms with Crippen LogP contribution in [0.15, 0.2) is 18.2 Å². The van der Waals surface area contributed by atoms with E-state index in [1.54, 1.807) is 6.07 Å². The van der Waals surface area contributed by atoms with Gasteiger partial charge < -0.3 is 10.1 Å². The van der Waals surface area contributed by atoms with Crippen LogP contribution >= 0.6 is 0 Å². The Hall–Kier alpha value is -1.09. The van der Waals surface area contributed by atoms with Crippen molar-refractivity contribution in [2.45, 2.75) is 40.2 Å². The number of benzene rings is 1. The summed E-state index contributed by atoms with van der Waals surface area (Å²) < 4.78 is 18.5. The Morgan fingerprint density at radius 1 is 1.33 bits per heavy atom. The average molecular weight is 253 g/mol. The lowest BCUT2D eigenvalue weighted by Gasteiger charge is -2.32. The zero-order chi connectivity index (χ0) is 13.8. The molecule has 1 rings (SSSR count). The minimum atomic E-state index is -0.315. The first kappa shape index (κ1) is 15.0. The van der Waals surface area contributed by atoms with E-state index in [9.17, 15) is 4.39 Å². The molecule has 18 heavy (non-hydrogen) atoms. The molecule has 3 heteroatoms. The predicted molar refractivity (Wildman–Crippen MR) is 73.4 cm³/mol. The first-order valence-corrected chi connectivity index (χ1v) is 6.47. The predicted octanol–water partition coefficient (Wildman–Crippen LogP) is 3.92. The molecule has 0 bridgehead atoms. The highest BCUT2D eigenvalue weighted by Gasteiger charge is 2.26. The fourth-order valence-corrected chi connectivity index (χ4v) is 2.07. The maximum Gasteiger partial charge on any atom is 0.165 e. The van der Waals surface area contributed by atoms with E-state index in [4.69, 9.17) is 4.74 Å². The lowest BCUT2D eigenvalue weighted by Crippen LogP contribution is -2.32. The van der Waals surface area contributed by atoms with Gasteiger partial charge in [-0.1, -0.05) is 33.8 Å². The highest BCUT2D eigenvalue weighted by molar-refractivity contribution is 5.33. The molecule has 2 nitrogen and oxygen atoms in total. The number of ether oxygens (including phenoxy) is 1. The van der Waals surface area contributed by atoms with Gasteiger partial charge in [0.15, 0.2) is 11.6 Å². The van der Waals surface area contributed by atoms with Crippen molar-refractivity contribution in [3.05, 3.63) is 29.6 Å². The number of halogens is 1. The highest BCUT2D eigenvalue weighted by atomic mass is 19.1. The number of methoxy groups -OCH3 is 1. The molecule has 0 saturated heterocycles. The molecule has 0 fully saturated rings. The lowest BCUT2D eigenvalue weighted by molar-refractivity contribution is 0.272. The van der Waals surface area contributed by atoms with Gasteiger partial charge in [0, 0.05) is 6.04 Å². The molecular weight excluding hydrogens is 229 g/mol. The van der Waals surface area contributed by atoms with Gasteiger partial charge in [-0.25, -0.2) is 4.39 Å². The monoisotopic (exact) mass is 253 g/mol. The Morgan fingerprint density at radius 3 is 2.50 bits per heavy atom. The van der Waals surface area contributed by atoms with Crippen LogP contribution in [0.4, 0.5) is 4.39 Å². The minimum absolute atomic E-state index is 0.0675. The van der Waals surface area contributed by atoms with Gasteiger partial charge in [0.1, 0.15) is 0 Å². The fourth-order valence-electron chi connectivity index (χ4n) is 2.07. The van der Waals surface area contributed by atoms with Gasteiger partial charge >= 0.3 is 0 Å². The van der Waals surface area contributed by atoms with E-state index >= 15 is 0 Å². The summed E-state index contributed by atoms with van der Waals surface area (Å²) in [5.74, 6) is -0.00977. The molecule has 1 unspecified atom stereocenters. The second kappa shape index (κ2) is 6.19. The van der Waals surface area contributed by atoms with Crippen molar-refractivity contribution in [1.29, 1.82) is 0 Å². The van der Waals surface area contributed by atoms with Crippen molar-refractivity contribution in [2.24, 2.45) is 5.41 Å². The van der Waals surface area contributed by atoms with E-state index in [2.05, 4.69) is 33.0 Å². The van der Waals surface area contributed by atoms with E-state index < -0.39 is 0 Å². The van der Waals surface area contributed by atoms with Gasteiger partial charge in [-0.3, -0.25) is 0 Å². The van der Waals surface area contributed by atoms with Crippen LogP contribution in [0.25, 0.3) is 0 Å². The van der Waals surface area contributed by atoms with E-state index in [0.717, 1.165) is 18.5 Å². The lowest BCUT2D eigenvalue weighted by atomic mass is 9.82.